The van der Waals surface area contributed by atoms with Gasteiger partial charge in [0.1, 0.15) is 0 Å². The minimum atomic E-state index is -1.10. The van der Waals surface area contributed by atoms with Gasteiger partial charge in [-0.05, 0) is 29.8 Å². The van der Waals surface area contributed by atoms with E-state index in [0.29, 0.717) is 5.56 Å². The molecule has 0 saturated carbocycles. The molecule has 0 radical (unpaired) electrons. The van der Waals surface area contributed by atoms with Gasteiger partial charge in [-0.2, -0.15) is 0 Å². The lowest BCUT2D eigenvalue weighted by Crippen LogP contribution is -2.05. The summed E-state index contributed by atoms with van der Waals surface area (Å²) in [7, 11) is 1.25. The van der Waals surface area contributed by atoms with Crippen LogP contribution in [0.25, 0.3) is 11.1 Å². The number of carboxylic acid groups (broad SMARTS) is 1. The second-order valence-electron chi connectivity index (χ2n) is 3.84. The van der Waals surface area contributed by atoms with Gasteiger partial charge in [-0.1, -0.05) is 6.07 Å². The number of aromatic carboxylic acids is 1. The molecule has 0 aliphatic carbocycles. The summed E-state index contributed by atoms with van der Waals surface area (Å²) in [4.78, 5) is 26.6. The summed E-state index contributed by atoms with van der Waals surface area (Å²) in [5.41, 5.74) is 1.56. The van der Waals surface area contributed by atoms with Crippen molar-refractivity contribution in [2.45, 2.75) is 0 Å². The first-order valence-electron chi connectivity index (χ1n) is 5.49. The van der Waals surface area contributed by atoms with Crippen molar-refractivity contribution in [2.24, 2.45) is 0 Å². The highest BCUT2D eigenvalue weighted by Gasteiger charge is 2.13. The molecule has 0 amide bonds. The Morgan fingerprint density at radius 1 is 1.16 bits per heavy atom. The number of benzene rings is 1. The number of nitrogens with zero attached hydrogens (tertiary/aromatic N) is 1. The summed E-state index contributed by atoms with van der Waals surface area (Å²) >= 11 is 0. The van der Waals surface area contributed by atoms with E-state index in [1.807, 2.05) is 0 Å². The van der Waals surface area contributed by atoms with Gasteiger partial charge in [-0.15, -0.1) is 0 Å². The summed E-state index contributed by atoms with van der Waals surface area (Å²) in [5, 5.41) is 9.07. The zero-order chi connectivity index (χ0) is 13.8. The third-order valence-electron chi connectivity index (χ3n) is 2.60. The first-order valence-corrected chi connectivity index (χ1v) is 5.49. The lowest BCUT2D eigenvalue weighted by atomic mass is 10.0. The van der Waals surface area contributed by atoms with Crippen molar-refractivity contribution in [2.75, 3.05) is 7.11 Å². The van der Waals surface area contributed by atoms with Crippen molar-refractivity contribution in [3.8, 4) is 11.1 Å². The summed E-state index contributed by atoms with van der Waals surface area (Å²) in [5.74, 6) is -1.68. The van der Waals surface area contributed by atoms with E-state index in [-0.39, 0.29) is 11.1 Å². The number of aromatic nitrogens is 1. The topological polar surface area (TPSA) is 76.5 Å². The van der Waals surface area contributed by atoms with Crippen LogP contribution in [0, 0.1) is 0 Å². The van der Waals surface area contributed by atoms with Gasteiger partial charge in [0, 0.05) is 18.0 Å². The number of carbonyl (C=O) groups is 2. The van der Waals surface area contributed by atoms with Gasteiger partial charge in [0.15, 0.2) is 0 Å². The normalized spacial score (nSPS) is 9.95. The summed E-state index contributed by atoms with van der Waals surface area (Å²) < 4.78 is 4.61. The molecular weight excluding hydrogens is 246 g/mol. The minimum Gasteiger partial charge on any atom is -0.478 e. The SMILES string of the molecule is COC(=O)c1cc(C(=O)O)cc(-c2cccnc2)c1. The third-order valence-corrected chi connectivity index (χ3v) is 2.60. The Morgan fingerprint density at radius 2 is 1.89 bits per heavy atom. The van der Waals surface area contributed by atoms with Crippen LogP contribution in [0.1, 0.15) is 20.7 Å². The van der Waals surface area contributed by atoms with Gasteiger partial charge in [-0.25, -0.2) is 9.59 Å². The van der Waals surface area contributed by atoms with Crippen molar-refractivity contribution in [1.29, 1.82) is 0 Å². The number of carboxylic acids is 1. The Morgan fingerprint density at radius 3 is 2.47 bits per heavy atom. The summed E-state index contributed by atoms with van der Waals surface area (Å²) in [6.07, 6.45) is 3.22. The Balaban J connectivity index is 2.58. The van der Waals surface area contributed by atoms with E-state index < -0.39 is 11.9 Å². The molecule has 0 aliphatic heterocycles. The molecule has 0 fully saturated rings. The average Bonchev–Trinajstić information content (AvgIpc) is 2.46. The van der Waals surface area contributed by atoms with E-state index in [0.717, 1.165) is 5.56 Å². The second-order valence-corrected chi connectivity index (χ2v) is 3.84. The second kappa shape index (κ2) is 5.30. The number of hydrogen-bond acceptors (Lipinski definition) is 4. The Bertz CT molecular complexity index is 623. The van der Waals surface area contributed by atoms with E-state index in [1.54, 1.807) is 30.6 Å². The molecule has 0 atom stereocenters. The van der Waals surface area contributed by atoms with E-state index in [4.69, 9.17) is 5.11 Å². The Kier molecular flexibility index (Phi) is 3.56. The number of rotatable bonds is 3. The highest BCUT2D eigenvalue weighted by molar-refractivity contribution is 5.96. The molecule has 0 bridgehead atoms. The molecule has 96 valence electrons. The van der Waals surface area contributed by atoms with E-state index >= 15 is 0 Å². The molecule has 5 nitrogen and oxygen atoms in total. The molecule has 0 saturated heterocycles. The molecule has 0 unspecified atom stereocenters. The molecule has 1 aromatic heterocycles. The van der Waals surface area contributed by atoms with Crippen molar-refractivity contribution in [3.05, 3.63) is 53.9 Å². The maximum atomic E-state index is 11.5. The minimum absolute atomic E-state index is 0.0294. The van der Waals surface area contributed by atoms with Gasteiger partial charge < -0.3 is 9.84 Å². The molecule has 2 aromatic rings. The van der Waals surface area contributed by atoms with Crippen LogP contribution >= 0.6 is 0 Å². The molecular formula is C14H11NO4. The van der Waals surface area contributed by atoms with Gasteiger partial charge in [0.2, 0.25) is 0 Å². The standard InChI is InChI=1S/C14H11NO4/c1-19-14(18)12-6-10(5-11(7-12)13(16)17)9-3-2-4-15-8-9/h2-8H,1H3,(H,16,17). The van der Waals surface area contributed by atoms with Gasteiger partial charge in [0.25, 0.3) is 0 Å². The van der Waals surface area contributed by atoms with E-state index in [1.165, 1.54) is 19.2 Å². The lowest BCUT2D eigenvalue weighted by molar-refractivity contribution is 0.0601. The summed E-state index contributed by atoms with van der Waals surface area (Å²) in [6.45, 7) is 0. The number of pyridine rings is 1. The van der Waals surface area contributed by atoms with Crippen LogP contribution in [0.2, 0.25) is 0 Å². The Labute approximate surface area is 109 Å². The number of carbonyl (C=O) groups excluding carboxylic acids is 1. The molecule has 1 heterocycles. The number of esters is 1. The van der Waals surface area contributed by atoms with E-state index in [9.17, 15) is 9.59 Å². The fourth-order valence-electron chi connectivity index (χ4n) is 1.69. The van der Waals surface area contributed by atoms with Crippen molar-refractivity contribution >= 4 is 11.9 Å². The lowest BCUT2D eigenvalue weighted by Gasteiger charge is -2.06. The van der Waals surface area contributed by atoms with Crippen LogP contribution in [0.15, 0.2) is 42.7 Å². The number of hydrogen-bond donors (Lipinski definition) is 1. The van der Waals surface area contributed by atoms with Crippen LogP contribution in [-0.4, -0.2) is 29.1 Å². The zero-order valence-corrected chi connectivity index (χ0v) is 10.2. The average molecular weight is 257 g/mol. The third kappa shape index (κ3) is 2.77. The summed E-state index contributed by atoms with van der Waals surface area (Å²) in [6, 6.07) is 7.88. The first kappa shape index (κ1) is 12.8. The number of methoxy groups -OCH3 is 1. The van der Waals surface area contributed by atoms with Crippen molar-refractivity contribution in [1.82, 2.24) is 4.98 Å². The molecule has 5 heteroatoms. The van der Waals surface area contributed by atoms with Crippen molar-refractivity contribution in [3.63, 3.8) is 0 Å². The quantitative estimate of drug-likeness (QED) is 0.853. The Hall–Kier alpha value is -2.69. The largest absolute Gasteiger partial charge is 0.478 e. The smallest absolute Gasteiger partial charge is 0.337 e. The van der Waals surface area contributed by atoms with Crippen LogP contribution in [0.4, 0.5) is 0 Å². The molecule has 1 N–H and O–H groups in total. The zero-order valence-electron chi connectivity index (χ0n) is 10.2. The molecule has 19 heavy (non-hydrogen) atoms. The molecule has 1 aromatic carbocycles. The van der Waals surface area contributed by atoms with Gasteiger partial charge >= 0.3 is 11.9 Å². The predicted octanol–water partition coefficient (Wildman–Crippen LogP) is 2.23. The molecule has 0 spiro atoms. The highest BCUT2D eigenvalue weighted by atomic mass is 16.5. The highest BCUT2D eigenvalue weighted by Crippen LogP contribution is 2.22. The molecule has 0 aliphatic rings. The maximum absolute atomic E-state index is 11.5. The van der Waals surface area contributed by atoms with Crippen LogP contribution in [-0.2, 0) is 4.74 Å². The van der Waals surface area contributed by atoms with Crippen LogP contribution in [0.5, 0.6) is 0 Å². The number of ether oxygens (including phenoxy) is 1. The van der Waals surface area contributed by atoms with E-state index in [2.05, 4.69) is 9.72 Å². The fourth-order valence-corrected chi connectivity index (χ4v) is 1.69. The van der Waals surface area contributed by atoms with Gasteiger partial charge in [-0.3, -0.25) is 4.98 Å². The van der Waals surface area contributed by atoms with Crippen LogP contribution in [0.3, 0.4) is 0 Å². The fraction of sp³-hybridized carbons (Fsp3) is 0.0714. The van der Waals surface area contributed by atoms with Crippen LogP contribution < -0.4 is 0 Å². The predicted molar refractivity (Wildman–Crippen MR) is 68.0 cm³/mol. The van der Waals surface area contributed by atoms with Crippen molar-refractivity contribution < 1.29 is 19.4 Å². The molecule has 2 rings (SSSR count). The first-order chi connectivity index (χ1) is 9.11. The van der Waals surface area contributed by atoms with Gasteiger partial charge in [0.05, 0.1) is 18.2 Å². The monoisotopic (exact) mass is 257 g/mol. The maximum Gasteiger partial charge on any atom is 0.337 e.